The van der Waals surface area contributed by atoms with E-state index in [1.165, 1.54) is 38.5 Å². The van der Waals surface area contributed by atoms with Crippen molar-refractivity contribution in [3.63, 3.8) is 0 Å². The first-order valence-electron chi connectivity index (χ1n) is 8.72. The molecule has 0 saturated heterocycles. The maximum atomic E-state index is 11.9. The van der Waals surface area contributed by atoms with Crippen molar-refractivity contribution in [1.29, 1.82) is 0 Å². The zero-order valence-corrected chi connectivity index (χ0v) is 14.3. The number of rotatable bonds is 15. The Hall–Kier alpha value is -0.650. The van der Waals surface area contributed by atoms with Crippen molar-refractivity contribution in [3.05, 3.63) is 0 Å². The van der Waals surface area contributed by atoms with Crippen LogP contribution in [-0.4, -0.2) is 48.2 Å². The van der Waals surface area contributed by atoms with Crippen LogP contribution in [-0.2, 0) is 14.3 Å². The molecule has 0 aliphatic carbocycles. The normalized spacial score (nSPS) is 13.8. The molecule has 0 aliphatic heterocycles. The summed E-state index contributed by atoms with van der Waals surface area (Å²) in [6.07, 6.45) is 8.76. The molecule has 0 radical (unpaired) electrons. The van der Waals surface area contributed by atoms with Gasteiger partial charge in [0.2, 0.25) is 0 Å². The highest BCUT2D eigenvalue weighted by atomic mass is 16.6. The third-order valence-electron chi connectivity index (χ3n) is 3.58. The molecule has 0 heterocycles. The number of carbonyl (C=O) groups excluding carboxylic acids is 1. The summed E-state index contributed by atoms with van der Waals surface area (Å²) >= 11 is 0. The van der Waals surface area contributed by atoms with Crippen LogP contribution in [0.5, 0.6) is 0 Å². The van der Waals surface area contributed by atoms with E-state index in [2.05, 4.69) is 6.92 Å². The minimum absolute atomic E-state index is 0.184. The van der Waals surface area contributed by atoms with Crippen LogP contribution in [0.15, 0.2) is 0 Å². The molecule has 0 rings (SSSR count). The monoisotopic (exact) mass is 318 g/mol. The Bertz CT molecular complexity index is 257. The van der Waals surface area contributed by atoms with Gasteiger partial charge in [0.15, 0.2) is 6.10 Å². The lowest BCUT2D eigenvalue weighted by Crippen LogP contribution is -2.30. The van der Waals surface area contributed by atoms with E-state index < -0.39 is 24.8 Å². The van der Waals surface area contributed by atoms with Crippen molar-refractivity contribution in [3.8, 4) is 0 Å². The second-order valence-corrected chi connectivity index (χ2v) is 5.67. The fraction of sp³-hybridized carbons (Fsp3) is 0.941. The van der Waals surface area contributed by atoms with Gasteiger partial charge in [-0.2, -0.15) is 0 Å². The lowest BCUT2D eigenvalue weighted by atomic mass is 10.1. The van der Waals surface area contributed by atoms with Gasteiger partial charge in [0, 0.05) is 6.61 Å². The van der Waals surface area contributed by atoms with Crippen LogP contribution in [0.3, 0.4) is 0 Å². The molecule has 0 spiro atoms. The quantitative estimate of drug-likeness (QED) is 0.359. The van der Waals surface area contributed by atoms with E-state index in [1.54, 1.807) is 0 Å². The minimum atomic E-state index is -1.02. The van der Waals surface area contributed by atoms with Crippen molar-refractivity contribution in [2.24, 2.45) is 0 Å². The smallest absolute Gasteiger partial charge is 0.335 e. The average molecular weight is 318 g/mol. The summed E-state index contributed by atoms with van der Waals surface area (Å²) in [6, 6.07) is 0. The minimum Gasteiger partial charge on any atom is -0.461 e. The van der Waals surface area contributed by atoms with E-state index >= 15 is 0 Å². The van der Waals surface area contributed by atoms with Crippen molar-refractivity contribution >= 4 is 5.97 Å². The molecular weight excluding hydrogens is 284 g/mol. The van der Waals surface area contributed by atoms with Crippen LogP contribution in [0.2, 0.25) is 0 Å². The van der Waals surface area contributed by atoms with Crippen LogP contribution in [0, 0.1) is 0 Å². The SMILES string of the molecule is CCCCCCCCCCC(OCC)C(=O)OCC(O)CO. The lowest BCUT2D eigenvalue weighted by Gasteiger charge is -2.17. The van der Waals surface area contributed by atoms with E-state index in [0.717, 1.165) is 12.8 Å². The molecule has 5 heteroatoms. The molecule has 0 aromatic carbocycles. The molecule has 0 aromatic rings. The first-order chi connectivity index (χ1) is 10.7. The summed E-state index contributed by atoms with van der Waals surface area (Å²) < 4.78 is 10.4. The largest absolute Gasteiger partial charge is 0.461 e. The predicted molar refractivity (Wildman–Crippen MR) is 86.7 cm³/mol. The fourth-order valence-corrected chi connectivity index (χ4v) is 2.26. The Morgan fingerprint density at radius 2 is 1.59 bits per heavy atom. The van der Waals surface area contributed by atoms with Gasteiger partial charge in [-0.1, -0.05) is 58.3 Å². The summed E-state index contributed by atoms with van der Waals surface area (Å²) in [7, 11) is 0. The van der Waals surface area contributed by atoms with Gasteiger partial charge in [-0.05, 0) is 13.3 Å². The van der Waals surface area contributed by atoms with Crippen molar-refractivity contribution < 1.29 is 24.5 Å². The topological polar surface area (TPSA) is 76.0 Å². The van der Waals surface area contributed by atoms with Crippen LogP contribution >= 0.6 is 0 Å². The summed E-state index contributed by atoms with van der Waals surface area (Å²) in [5, 5.41) is 17.9. The molecule has 0 fully saturated rings. The standard InChI is InChI=1S/C17H34O5/c1-3-5-6-7-8-9-10-11-12-16(21-4-2)17(20)22-14-15(19)13-18/h15-16,18-19H,3-14H2,1-2H3. The van der Waals surface area contributed by atoms with Crippen molar-refractivity contribution in [2.45, 2.75) is 83.8 Å². The van der Waals surface area contributed by atoms with Crippen LogP contribution in [0.4, 0.5) is 0 Å². The maximum absolute atomic E-state index is 11.9. The summed E-state index contributed by atoms with van der Waals surface area (Å²) in [4.78, 5) is 11.9. The van der Waals surface area contributed by atoms with E-state index in [-0.39, 0.29) is 6.61 Å². The lowest BCUT2D eigenvalue weighted by molar-refractivity contribution is -0.161. The van der Waals surface area contributed by atoms with Gasteiger partial charge in [-0.3, -0.25) is 0 Å². The van der Waals surface area contributed by atoms with Crippen LogP contribution in [0.1, 0.15) is 71.6 Å². The zero-order valence-electron chi connectivity index (χ0n) is 14.3. The highest BCUT2D eigenvalue weighted by Crippen LogP contribution is 2.13. The molecule has 0 saturated carbocycles. The number of carbonyl (C=O) groups is 1. The van der Waals surface area contributed by atoms with Crippen molar-refractivity contribution in [1.82, 2.24) is 0 Å². The summed E-state index contributed by atoms with van der Waals surface area (Å²) in [5.74, 6) is -0.447. The third kappa shape index (κ3) is 12.0. The average Bonchev–Trinajstić information content (AvgIpc) is 2.53. The Kier molecular flexibility index (Phi) is 14.8. The number of ether oxygens (including phenoxy) is 2. The van der Waals surface area contributed by atoms with Gasteiger partial charge < -0.3 is 19.7 Å². The van der Waals surface area contributed by atoms with E-state index in [1.807, 2.05) is 6.92 Å². The Morgan fingerprint density at radius 1 is 1.00 bits per heavy atom. The van der Waals surface area contributed by atoms with E-state index in [4.69, 9.17) is 14.6 Å². The molecule has 0 bridgehead atoms. The molecule has 132 valence electrons. The number of unbranched alkanes of at least 4 members (excludes halogenated alkanes) is 7. The van der Waals surface area contributed by atoms with Crippen molar-refractivity contribution in [2.75, 3.05) is 19.8 Å². The molecule has 2 N–H and O–H groups in total. The number of aliphatic hydroxyl groups excluding tert-OH is 2. The number of esters is 1. The molecule has 0 aromatic heterocycles. The molecule has 0 aliphatic rings. The molecule has 2 unspecified atom stereocenters. The highest BCUT2D eigenvalue weighted by molar-refractivity contribution is 5.74. The van der Waals surface area contributed by atoms with Crippen LogP contribution in [0.25, 0.3) is 0 Å². The Labute approximate surface area is 135 Å². The van der Waals surface area contributed by atoms with Gasteiger partial charge in [0.1, 0.15) is 12.7 Å². The third-order valence-corrected chi connectivity index (χ3v) is 3.58. The van der Waals surface area contributed by atoms with E-state index in [9.17, 15) is 9.90 Å². The summed E-state index contributed by atoms with van der Waals surface area (Å²) in [5.41, 5.74) is 0. The first kappa shape index (κ1) is 21.4. The van der Waals surface area contributed by atoms with Gasteiger partial charge in [0.05, 0.1) is 6.61 Å². The van der Waals surface area contributed by atoms with Gasteiger partial charge >= 0.3 is 5.97 Å². The van der Waals surface area contributed by atoms with Gasteiger partial charge in [0.25, 0.3) is 0 Å². The maximum Gasteiger partial charge on any atom is 0.335 e. The Balaban J connectivity index is 3.77. The number of hydrogen-bond donors (Lipinski definition) is 2. The predicted octanol–water partition coefficient (Wildman–Crippen LogP) is 2.82. The number of aliphatic hydroxyl groups is 2. The van der Waals surface area contributed by atoms with E-state index in [0.29, 0.717) is 13.0 Å². The fourth-order valence-electron chi connectivity index (χ4n) is 2.26. The van der Waals surface area contributed by atoms with Gasteiger partial charge in [-0.25, -0.2) is 4.79 Å². The van der Waals surface area contributed by atoms with Crippen LogP contribution < -0.4 is 0 Å². The summed E-state index contributed by atoms with van der Waals surface area (Å²) in [6.45, 7) is 3.92. The molecule has 5 nitrogen and oxygen atoms in total. The molecular formula is C17H34O5. The molecule has 0 amide bonds. The number of hydrogen-bond acceptors (Lipinski definition) is 5. The second kappa shape index (κ2) is 15.3. The molecule has 22 heavy (non-hydrogen) atoms. The second-order valence-electron chi connectivity index (χ2n) is 5.67. The Morgan fingerprint density at radius 3 is 2.14 bits per heavy atom. The van der Waals surface area contributed by atoms with Gasteiger partial charge in [-0.15, -0.1) is 0 Å². The first-order valence-corrected chi connectivity index (χ1v) is 8.72. The highest BCUT2D eigenvalue weighted by Gasteiger charge is 2.20. The zero-order chi connectivity index (χ0) is 16.6. The molecule has 2 atom stereocenters.